The first-order valence-corrected chi connectivity index (χ1v) is 43.3. The predicted octanol–water partition coefficient (Wildman–Crippen LogP) is 5.56. The number of hydrogen-bond acceptors (Lipinski definition) is 21. The largest absolute Gasteiger partial charge is 2.00 e. The van der Waals surface area contributed by atoms with Crippen LogP contribution >= 0.6 is 0 Å². The van der Waals surface area contributed by atoms with Crippen LogP contribution in [0.3, 0.4) is 0 Å². The van der Waals surface area contributed by atoms with Crippen molar-refractivity contribution in [2.24, 2.45) is 5.73 Å². The third-order valence-corrected chi connectivity index (χ3v) is 26.1. The molecule has 0 unspecified atom stereocenters. The fourth-order valence-electron chi connectivity index (χ4n) is 19.6. The number of nitrogens with one attached hydrogen (secondary N) is 3. The first-order chi connectivity index (χ1) is 65.6. The molecule has 4 aromatic carbocycles. The van der Waals surface area contributed by atoms with E-state index >= 15 is 0 Å². The number of carbonyl (C=O) groups is 8. The number of aromatic carboxylic acids is 1. The van der Waals surface area contributed by atoms with E-state index in [4.69, 9.17) is 34.2 Å². The Bertz CT molecular complexity index is 6430. The quantitative estimate of drug-likeness (QED) is 0.0549. The van der Waals surface area contributed by atoms with Crippen LogP contribution in [0.15, 0.2) is 117 Å². The van der Waals surface area contributed by atoms with Crippen molar-refractivity contribution in [2.45, 2.75) is 250 Å². The molecule has 4 saturated carbocycles. The van der Waals surface area contributed by atoms with Gasteiger partial charge in [0.2, 0.25) is 21.7 Å². The zero-order valence-electron chi connectivity index (χ0n) is 74.2. The minimum atomic E-state index is -4.91. The van der Waals surface area contributed by atoms with E-state index in [1.165, 1.54) is 60.7 Å². The number of pyridine rings is 4. The van der Waals surface area contributed by atoms with E-state index < -0.39 is 200 Å². The molecule has 33 nitrogen and oxygen atoms in total. The molecule has 7 amide bonds. The van der Waals surface area contributed by atoms with Crippen molar-refractivity contribution < 1.29 is 186 Å². The second-order valence-corrected chi connectivity index (χ2v) is 34.6. The van der Waals surface area contributed by atoms with Crippen LogP contribution in [0.4, 0.5) is 70.2 Å². The first kappa shape index (κ1) is 115. The summed E-state index contributed by atoms with van der Waals surface area (Å²) in [5.41, 5.74) is -6.21. The summed E-state index contributed by atoms with van der Waals surface area (Å²) < 4.78 is 245. The van der Waals surface area contributed by atoms with Crippen molar-refractivity contribution in [3.05, 3.63) is 251 Å². The molecule has 8 fully saturated rings. The SMILES string of the molecule is C.C.C.COc1c2n(cc(C(=O)NCc3ccc(F)c(C(F)(F)F)c3)c1=O)C[C@@H]1O[C@H]3CC[C@H](C3)N1C2=O.COc1c2n(cc(C(=O)O)c1=O)C[C@@H]1O[C@H]3CC[C@H](C3)N1C2=O.NCc1ccc(F)c(C(F)(F)F)c1.O=C(NCc1ccc(F)c(C(F)(F)F)c1)c1cn2c(c(O)c1=O)C(=O)N1[C@@H]3CC[C@@H](C3)O[C@H]1C2.O=C(NCc1ccc(F)c(C(F)(F)F)c1)c1cn2c(c(O)c1=O)C(=O)N1[C@@H]3CC[C@@H](C3)O[C@H]1C2.[Br-].[Br-].[Mg+2]. The van der Waals surface area contributed by atoms with Gasteiger partial charge in [-0.25, -0.2) is 22.4 Å². The molecule has 8 aliphatic heterocycles. The van der Waals surface area contributed by atoms with Crippen LogP contribution in [0.5, 0.6) is 23.0 Å². The van der Waals surface area contributed by atoms with Crippen LogP contribution < -0.4 is 86.8 Å². The Hall–Kier alpha value is -12.0. The van der Waals surface area contributed by atoms with Gasteiger partial charge in [-0.1, -0.05) is 46.5 Å². The number of carboxylic acid groups (broad SMARTS) is 1. The average Bonchev–Trinajstić information content (AvgIpc) is 1.72. The molecular weight excluding hydrogens is 2110 g/mol. The molecule has 12 aliphatic rings. The van der Waals surface area contributed by atoms with Crippen LogP contribution in [-0.4, -0.2) is 211 Å². The maximum Gasteiger partial charge on any atom is 2.00 e. The number of aromatic nitrogens is 4. The van der Waals surface area contributed by atoms with Crippen molar-refractivity contribution in [3.8, 4) is 23.0 Å². The average molecular weight is 2200 g/mol. The van der Waals surface area contributed by atoms with Gasteiger partial charge in [0.05, 0.1) is 87.1 Å². The molecule has 4 aromatic heterocycles. The van der Waals surface area contributed by atoms with Gasteiger partial charge in [-0.3, -0.25) is 52.7 Å². The number of carboxylic acids is 1. The summed E-state index contributed by atoms with van der Waals surface area (Å²) in [6.45, 7) is -0.568. The Morgan fingerprint density at radius 1 is 0.379 bits per heavy atom. The number of amides is 7. The number of ether oxygens (including phenoxy) is 6. The van der Waals surface area contributed by atoms with Gasteiger partial charge >= 0.3 is 53.7 Å². The van der Waals surface area contributed by atoms with Gasteiger partial charge in [0.25, 0.3) is 41.4 Å². The predicted molar refractivity (Wildman–Crippen MR) is 469 cm³/mol. The van der Waals surface area contributed by atoms with E-state index in [1.807, 2.05) is 0 Å². The molecule has 8 aromatic rings. The number of nitrogens with zero attached hydrogens (tertiary/aromatic N) is 8. The number of rotatable bonds is 13. The first-order valence-electron chi connectivity index (χ1n) is 43.3. The number of halogens is 18. The Balaban J connectivity index is 0.000000189. The van der Waals surface area contributed by atoms with E-state index in [9.17, 15) is 143 Å². The Labute approximate surface area is 849 Å². The monoisotopic (exact) mass is 2200 g/mol. The third-order valence-electron chi connectivity index (χ3n) is 26.1. The van der Waals surface area contributed by atoms with Crippen LogP contribution in [-0.2, 0) is 96.0 Å². The third kappa shape index (κ3) is 22.8. The zero-order chi connectivity index (χ0) is 100. The second kappa shape index (κ2) is 44.8. The van der Waals surface area contributed by atoms with E-state index in [2.05, 4.69) is 16.0 Å². The summed E-state index contributed by atoms with van der Waals surface area (Å²) in [6.07, 6.45) is -7.08. The van der Waals surface area contributed by atoms with Gasteiger partial charge in [0.15, 0.2) is 70.7 Å². The standard InChI is InChI=1S/C23H21F4N3O5.2C22H19F4N3O5.C15H16N2O6.C8H7F4N.3CH4.2BrH.Mg/c1-34-20-18-22(33)30-12-3-4-13(7-12)35-17(30)10-29(18)9-14(19(20)31)21(32)28-8-11-2-5-16(24)15(6-11)23(25,26)27;2*23-15-4-1-10(5-14(15)22(24,25)26)7-27-20(32)13-8-28-9-16-29(11-2-3-12(6-11)34-16)21(33)17(28)19(31)18(13)30;1-22-13-11-14(19)17-7-2-3-8(4-7)23-10(17)6-16(11)5-9(12(13)18)15(20)21;9-7-2-1-5(4-13)3-6(7)8(10,11)12;;;;;;/h2,5-6,9,12-13,17H,3-4,7-8,10H2,1H3,(H,28,32);2*1,4-5,8,11-12,16,31H,2-3,6-7,9H2,(H,27,32);5,7-8,10H,2-4,6H2,1H3,(H,20,21);1-3H,4,13H2;3*1H4;2*1H;/q;;;;;;;;;;+2/p-2/t12-,13+,17+;2*11-,12+,16+;7-,8+,10+;;;;;;;/m1111......./s1. The second-order valence-electron chi connectivity index (χ2n) is 34.6. The van der Waals surface area contributed by atoms with Crippen molar-refractivity contribution in [1.29, 1.82) is 0 Å². The summed E-state index contributed by atoms with van der Waals surface area (Å²) in [6, 6.07) is 9.67. The number of nitrogens with two attached hydrogens (primary N) is 1. The van der Waals surface area contributed by atoms with Crippen LogP contribution in [0.25, 0.3) is 0 Å². The summed E-state index contributed by atoms with van der Waals surface area (Å²) >= 11 is 0. The summed E-state index contributed by atoms with van der Waals surface area (Å²) in [5, 5.41) is 37.1. The number of alkyl halides is 12. The van der Waals surface area contributed by atoms with E-state index in [1.54, 1.807) is 9.80 Å². The van der Waals surface area contributed by atoms with E-state index in [-0.39, 0.29) is 229 Å². The maximum atomic E-state index is 13.5. The molecule has 20 rings (SSSR count). The van der Waals surface area contributed by atoms with Crippen molar-refractivity contribution in [3.63, 3.8) is 0 Å². The molecule has 780 valence electrons. The smallest absolute Gasteiger partial charge is 1.00 e. The topological polar surface area (TPSA) is 416 Å². The normalized spacial score (nSPS) is 22.1. The van der Waals surface area contributed by atoms with Gasteiger partial charge in [0, 0.05) is 75.1 Å². The number of hydrogen-bond donors (Lipinski definition) is 7. The van der Waals surface area contributed by atoms with E-state index in [0.717, 1.165) is 107 Å². The molecule has 8 N–H and O–H groups in total. The maximum absolute atomic E-state index is 13.5. The molecule has 0 spiro atoms. The minimum Gasteiger partial charge on any atom is -1.00 e. The van der Waals surface area contributed by atoms with Gasteiger partial charge in [-0.2, -0.15) is 52.7 Å². The molecule has 145 heavy (non-hydrogen) atoms. The van der Waals surface area contributed by atoms with Gasteiger partial charge in [-0.15, -0.1) is 0 Å². The molecular formula is C93H94Br2F16MgN12O21. The fourth-order valence-corrected chi connectivity index (χ4v) is 19.6. The molecule has 12 atom stereocenters. The number of benzene rings is 4. The van der Waals surface area contributed by atoms with Crippen LogP contribution in [0.1, 0.15) is 227 Å². The minimum absolute atomic E-state index is 0. The van der Waals surface area contributed by atoms with Gasteiger partial charge in [-0.05, 0) is 148 Å². The zero-order valence-corrected chi connectivity index (χ0v) is 78.7. The number of methoxy groups -OCH3 is 2. The Morgan fingerprint density at radius 2 is 0.614 bits per heavy atom. The molecule has 0 radical (unpaired) electrons. The molecule has 4 aliphatic carbocycles. The molecule has 12 heterocycles. The number of carbonyl (C=O) groups excluding carboxylic acids is 7. The number of aromatic hydroxyl groups is 2. The molecule has 8 bridgehead atoms. The van der Waals surface area contributed by atoms with Crippen LogP contribution in [0, 0.1) is 23.3 Å². The van der Waals surface area contributed by atoms with Gasteiger partial charge < -0.3 is 137 Å². The van der Waals surface area contributed by atoms with E-state index in [0.29, 0.717) is 55.8 Å². The van der Waals surface area contributed by atoms with Crippen LogP contribution in [0.2, 0.25) is 0 Å². The summed E-state index contributed by atoms with van der Waals surface area (Å²) in [5.74, 6) is -13.9. The molecule has 4 saturated heterocycles. The number of fused-ring (bicyclic) bond motifs is 20. The summed E-state index contributed by atoms with van der Waals surface area (Å²) in [7, 11) is 2.48. The van der Waals surface area contributed by atoms with Crippen molar-refractivity contribution in [2.75, 3.05) is 14.2 Å². The van der Waals surface area contributed by atoms with Gasteiger partial charge in [0.1, 0.15) is 45.5 Å². The molecule has 52 heteroatoms. The Kier molecular flexibility index (Phi) is 35.5. The van der Waals surface area contributed by atoms with Crippen molar-refractivity contribution in [1.82, 2.24) is 53.8 Å². The Morgan fingerprint density at radius 3 is 0.869 bits per heavy atom. The fraction of sp³-hybridized carbons (Fsp3) is 0.441. The van der Waals surface area contributed by atoms with Crippen molar-refractivity contribution >= 4 is 70.4 Å². The summed E-state index contributed by atoms with van der Waals surface area (Å²) in [4.78, 5) is 159.